The lowest BCUT2D eigenvalue weighted by Crippen LogP contribution is -2.56. The van der Waals surface area contributed by atoms with Crippen LogP contribution in [0.5, 0.6) is 0 Å². The minimum absolute atomic E-state index is 0.105. The van der Waals surface area contributed by atoms with Gasteiger partial charge in [0.15, 0.2) is 0 Å². The summed E-state index contributed by atoms with van der Waals surface area (Å²) in [6.07, 6.45) is -0.345. The fourth-order valence-corrected chi connectivity index (χ4v) is 2.92. The van der Waals surface area contributed by atoms with E-state index < -0.39 is 0 Å². The van der Waals surface area contributed by atoms with Crippen molar-refractivity contribution in [3.05, 3.63) is 28.8 Å². The first-order valence-electron chi connectivity index (χ1n) is 7.61. The SMILES string of the molecule is Cc1ccc(NC(=O)N2CCN(C[C@H](C)O)C[C@H]2C)cc1Cl. The molecule has 5 nitrogen and oxygen atoms in total. The Kier molecular flexibility index (Phi) is 5.67. The van der Waals surface area contributed by atoms with Crippen LogP contribution in [0, 0.1) is 6.92 Å². The monoisotopic (exact) mass is 325 g/mol. The average molecular weight is 326 g/mol. The number of aliphatic hydroxyl groups is 1. The average Bonchev–Trinajstić information content (AvgIpc) is 2.42. The fraction of sp³-hybridized carbons (Fsp3) is 0.562. The second kappa shape index (κ2) is 7.31. The molecule has 1 aliphatic rings. The van der Waals surface area contributed by atoms with Crippen LogP contribution in [0.3, 0.4) is 0 Å². The molecule has 1 aromatic rings. The number of nitrogens with zero attached hydrogens (tertiary/aromatic N) is 2. The molecule has 6 heteroatoms. The number of aliphatic hydroxyl groups excluding tert-OH is 1. The van der Waals surface area contributed by atoms with Gasteiger partial charge in [0.1, 0.15) is 0 Å². The molecule has 122 valence electrons. The summed E-state index contributed by atoms with van der Waals surface area (Å²) in [6.45, 7) is 8.58. The third kappa shape index (κ3) is 4.35. The molecule has 1 saturated heterocycles. The number of anilines is 1. The first-order chi connectivity index (χ1) is 10.4. The highest BCUT2D eigenvalue weighted by Gasteiger charge is 2.27. The third-order valence-corrected chi connectivity index (χ3v) is 4.33. The summed E-state index contributed by atoms with van der Waals surface area (Å²) in [5.74, 6) is 0. The highest BCUT2D eigenvalue weighted by Crippen LogP contribution is 2.21. The van der Waals surface area contributed by atoms with Crippen molar-refractivity contribution in [2.75, 3.05) is 31.5 Å². The van der Waals surface area contributed by atoms with E-state index in [1.807, 2.05) is 30.9 Å². The van der Waals surface area contributed by atoms with E-state index in [9.17, 15) is 9.90 Å². The van der Waals surface area contributed by atoms with Crippen LogP contribution in [0.25, 0.3) is 0 Å². The molecule has 2 atom stereocenters. The molecule has 2 rings (SSSR count). The van der Waals surface area contributed by atoms with E-state index in [2.05, 4.69) is 10.2 Å². The molecule has 0 radical (unpaired) electrons. The van der Waals surface area contributed by atoms with Gasteiger partial charge in [-0.1, -0.05) is 17.7 Å². The lowest BCUT2D eigenvalue weighted by atomic mass is 10.2. The number of benzene rings is 1. The van der Waals surface area contributed by atoms with Gasteiger partial charge < -0.3 is 15.3 Å². The minimum atomic E-state index is -0.345. The van der Waals surface area contributed by atoms with Crippen LogP contribution in [0.2, 0.25) is 5.02 Å². The molecule has 0 unspecified atom stereocenters. The molecule has 0 spiro atoms. The predicted octanol–water partition coefficient (Wildman–Crippen LogP) is 2.57. The predicted molar refractivity (Wildman–Crippen MR) is 89.5 cm³/mol. The zero-order valence-corrected chi connectivity index (χ0v) is 14.1. The number of β-amino-alcohol motifs (C(OH)–C–C–N with tert-alkyl or cyclic N) is 1. The Bertz CT molecular complexity index is 536. The number of amides is 2. The number of halogens is 1. The summed E-state index contributed by atoms with van der Waals surface area (Å²) in [7, 11) is 0. The van der Waals surface area contributed by atoms with Gasteiger partial charge in [0.2, 0.25) is 0 Å². The Labute approximate surface area is 136 Å². The van der Waals surface area contributed by atoms with Crippen LogP contribution in [-0.2, 0) is 0 Å². The Morgan fingerprint density at radius 1 is 1.50 bits per heavy atom. The van der Waals surface area contributed by atoms with Gasteiger partial charge in [-0.15, -0.1) is 0 Å². The van der Waals surface area contributed by atoms with Gasteiger partial charge in [-0.25, -0.2) is 4.79 Å². The Hall–Kier alpha value is -1.30. The van der Waals surface area contributed by atoms with E-state index in [0.717, 1.165) is 18.7 Å². The van der Waals surface area contributed by atoms with Gasteiger partial charge in [-0.3, -0.25) is 4.90 Å². The zero-order chi connectivity index (χ0) is 16.3. The van der Waals surface area contributed by atoms with E-state index in [1.54, 1.807) is 13.0 Å². The molecule has 0 bridgehead atoms. The maximum absolute atomic E-state index is 12.4. The van der Waals surface area contributed by atoms with Crippen molar-refractivity contribution in [1.29, 1.82) is 0 Å². The minimum Gasteiger partial charge on any atom is -0.392 e. The normalized spacial score (nSPS) is 20.8. The second-order valence-electron chi connectivity index (χ2n) is 6.05. The molecule has 1 fully saturated rings. The summed E-state index contributed by atoms with van der Waals surface area (Å²) in [5.41, 5.74) is 1.69. The number of urea groups is 1. The van der Waals surface area contributed by atoms with Crippen LogP contribution in [-0.4, -0.2) is 59.3 Å². The number of carbonyl (C=O) groups excluding carboxylic acids is 1. The van der Waals surface area contributed by atoms with Crippen molar-refractivity contribution in [1.82, 2.24) is 9.80 Å². The van der Waals surface area contributed by atoms with Gasteiger partial charge in [-0.2, -0.15) is 0 Å². The van der Waals surface area contributed by atoms with E-state index in [-0.39, 0.29) is 18.2 Å². The van der Waals surface area contributed by atoms with E-state index >= 15 is 0 Å². The molecular weight excluding hydrogens is 302 g/mol. The maximum atomic E-state index is 12.4. The maximum Gasteiger partial charge on any atom is 0.322 e. The smallest absolute Gasteiger partial charge is 0.322 e. The van der Waals surface area contributed by atoms with Crippen molar-refractivity contribution in [3.8, 4) is 0 Å². The van der Waals surface area contributed by atoms with Crippen LogP contribution in [0.1, 0.15) is 19.4 Å². The summed E-state index contributed by atoms with van der Waals surface area (Å²) < 4.78 is 0. The Balaban J connectivity index is 1.94. The number of carbonyl (C=O) groups is 1. The van der Waals surface area contributed by atoms with Gasteiger partial charge in [0.25, 0.3) is 0 Å². The topological polar surface area (TPSA) is 55.8 Å². The molecule has 22 heavy (non-hydrogen) atoms. The third-order valence-electron chi connectivity index (χ3n) is 3.92. The summed E-state index contributed by atoms with van der Waals surface area (Å²) in [6, 6.07) is 5.51. The quantitative estimate of drug-likeness (QED) is 0.898. The summed E-state index contributed by atoms with van der Waals surface area (Å²) in [5, 5.41) is 13.0. The van der Waals surface area contributed by atoms with Crippen LogP contribution in [0.15, 0.2) is 18.2 Å². The van der Waals surface area contributed by atoms with Crippen LogP contribution >= 0.6 is 11.6 Å². The molecule has 0 aliphatic carbocycles. The number of hydrogen-bond acceptors (Lipinski definition) is 3. The second-order valence-corrected chi connectivity index (χ2v) is 6.45. The molecule has 1 aromatic carbocycles. The standard InChI is InChI=1S/C16H24ClN3O2/c1-11-4-5-14(8-15(11)17)18-16(22)20-7-6-19(9-12(20)2)10-13(3)21/h4-5,8,12-13,21H,6-7,9-10H2,1-3H3,(H,18,22)/t12-,13+/m1/s1. The van der Waals surface area contributed by atoms with E-state index in [1.165, 1.54) is 0 Å². The number of rotatable bonds is 3. The Morgan fingerprint density at radius 2 is 2.23 bits per heavy atom. The largest absolute Gasteiger partial charge is 0.392 e. The number of aryl methyl sites for hydroxylation is 1. The zero-order valence-electron chi connectivity index (χ0n) is 13.3. The first kappa shape index (κ1) is 17.1. The molecule has 0 aromatic heterocycles. The number of hydrogen-bond donors (Lipinski definition) is 2. The van der Waals surface area contributed by atoms with Crippen molar-refractivity contribution in [2.24, 2.45) is 0 Å². The fourth-order valence-electron chi connectivity index (χ4n) is 2.74. The van der Waals surface area contributed by atoms with Gasteiger partial charge >= 0.3 is 6.03 Å². The van der Waals surface area contributed by atoms with E-state index in [0.29, 0.717) is 23.8 Å². The number of nitrogens with one attached hydrogen (secondary N) is 1. The summed E-state index contributed by atoms with van der Waals surface area (Å²) in [4.78, 5) is 16.4. The molecule has 1 heterocycles. The van der Waals surface area contributed by atoms with Crippen LogP contribution < -0.4 is 5.32 Å². The van der Waals surface area contributed by atoms with Crippen molar-refractivity contribution in [3.63, 3.8) is 0 Å². The lowest BCUT2D eigenvalue weighted by molar-refractivity contribution is 0.0692. The lowest BCUT2D eigenvalue weighted by Gasteiger charge is -2.40. The number of piperazine rings is 1. The highest BCUT2D eigenvalue weighted by molar-refractivity contribution is 6.31. The van der Waals surface area contributed by atoms with Crippen molar-refractivity contribution in [2.45, 2.75) is 32.9 Å². The molecule has 2 amide bonds. The van der Waals surface area contributed by atoms with Gasteiger partial charge in [0.05, 0.1) is 6.10 Å². The Morgan fingerprint density at radius 3 is 2.82 bits per heavy atom. The van der Waals surface area contributed by atoms with Gasteiger partial charge in [-0.05, 0) is 38.5 Å². The van der Waals surface area contributed by atoms with Crippen molar-refractivity contribution < 1.29 is 9.90 Å². The molecule has 0 saturated carbocycles. The van der Waals surface area contributed by atoms with Crippen molar-refractivity contribution >= 4 is 23.3 Å². The molecule has 1 aliphatic heterocycles. The summed E-state index contributed by atoms with van der Waals surface area (Å²) >= 11 is 6.08. The van der Waals surface area contributed by atoms with Crippen LogP contribution in [0.4, 0.5) is 10.5 Å². The van der Waals surface area contributed by atoms with Gasteiger partial charge in [0, 0.05) is 42.9 Å². The van der Waals surface area contributed by atoms with E-state index in [4.69, 9.17) is 11.6 Å². The first-order valence-corrected chi connectivity index (χ1v) is 7.99. The highest BCUT2D eigenvalue weighted by atomic mass is 35.5. The molecule has 2 N–H and O–H groups in total. The molecular formula is C16H24ClN3O2.